The van der Waals surface area contributed by atoms with Gasteiger partial charge in [0.15, 0.2) is 0 Å². The molecule has 0 aromatic heterocycles. The highest BCUT2D eigenvalue weighted by molar-refractivity contribution is 5.84. The predicted molar refractivity (Wildman–Crippen MR) is 86.2 cm³/mol. The monoisotopic (exact) mass is 299 g/mol. The number of nitrogens with two attached hydrogens (primary N) is 1. The number of ether oxygens (including phenoxy) is 1. The second kappa shape index (κ2) is 8.71. The summed E-state index contributed by atoms with van der Waals surface area (Å²) in [6, 6.07) is 0.539. The Morgan fingerprint density at radius 2 is 2.14 bits per heavy atom. The number of nitrogens with one attached hydrogen (secondary N) is 1. The summed E-state index contributed by atoms with van der Waals surface area (Å²) in [5, 5.41) is 3.22. The number of hydrogen-bond acceptors (Lipinski definition) is 4. The van der Waals surface area contributed by atoms with Crippen molar-refractivity contribution >= 4 is 5.91 Å². The van der Waals surface area contributed by atoms with Gasteiger partial charge in [-0.15, -0.1) is 0 Å². The first-order chi connectivity index (χ1) is 9.92. The van der Waals surface area contributed by atoms with E-state index in [4.69, 9.17) is 10.5 Å². The molecule has 0 bridgehead atoms. The van der Waals surface area contributed by atoms with E-state index in [9.17, 15) is 4.79 Å². The van der Waals surface area contributed by atoms with Crippen molar-refractivity contribution in [2.24, 2.45) is 5.73 Å². The average molecular weight is 299 g/mol. The summed E-state index contributed by atoms with van der Waals surface area (Å²) in [5.41, 5.74) is 4.94. The number of primary amides is 1. The molecule has 3 N–H and O–H groups in total. The van der Waals surface area contributed by atoms with Gasteiger partial charge in [-0.25, -0.2) is 0 Å². The van der Waals surface area contributed by atoms with Crippen LogP contribution < -0.4 is 11.1 Å². The minimum Gasteiger partial charge on any atom is -0.376 e. The van der Waals surface area contributed by atoms with Gasteiger partial charge in [-0.3, -0.25) is 9.69 Å². The van der Waals surface area contributed by atoms with Gasteiger partial charge in [-0.1, -0.05) is 13.8 Å². The summed E-state index contributed by atoms with van der Waals surface area (Å²) in [6.45, 7) is 11.9. The Morgan fingerprint density at radius 1 is 1.43 bits per heavy atom. The minimum atomic E-state index is -0.572. The van der Waals surface area contributed by atoms with Crippen molar-refractivity contribution in [2.75, 3.05) is 26.2 Å². The van der Waals surface area contributed by atoms with Gasteiger partial charge in [0.2, 0.25) is 5.91 Å². The van der Waals surface area contributed by atoms with E-state index in [2.05, 4.69) is 24.1 Å². The zero-order valence-corrected chi connectivity index (χ0v) is 14.2. The molecule has 5 nitrogen and oxygen atoms in total. The quantitative estimate of drug-likeness (QED) is 0.633. The molecule has 124 valence electrons. The van der Waals surface area contributed by atoms with Gasteiger partial charge < -0.3 is 15.8 Å². The van der Waals surface area contributed by atoms with Crippen molar-refractivity contribution in [3.63, 3.8) is 0 Å². The van der Waals surface area contributed by atoms with Gasteiger partial charge in [-0.05, 0) is 52.6 Å². The summed E-state index contributed by atoms with van der Waals surface area (Å²) in [7, 11) is 0. The maximum Gasteiger partial charge on any atom is 0.237 e. The molecule has 1 fully saturated rings. The van der Waals surface area contributed by atoms with Crippen molar-refractivity contribution in [1.82, 2.24) is 10.2 Å². The first-order valence-corrected chi connectivity index (χ1v) is 8.33. The molecule has 1 heterocycles. The third-order valence-corrected chi connectivity index (χ3v) is 4.54. The average Bonchev–Trinajstić information content (AvgIpc) is 2.44. The number of unbranched alkanes of at least 4 members (excludes halogenated alkanes) is 1. The molecule has 0 saturated carbocycles. The molecule has 0 aromatic carbocycles. The lowest BCUT2D eigenvalue weighted by Gasteiger charge is -2.38. The van der Waals surface area contributed by atoms with E-state index in [0.29, 0.717) is 12.1 Å². The smallest absolute Gasteiger partial charge is 0.237 e. The molecule has 0 radical (unpaired) electrons. The molecule has 0 aliphatic carbocycles. The molecule has 1 amide bonds. The predicted octanol–water partition coefficient (Wildman–Crippen LogP) is 1.51. The SMILES string of the molecule is CCNC(C)(CCCCN1CC(C)OCC1CC)C(N)=O. The Bertz CT molecular complexity index is 325. The number of rotatable bonds is 9. The largest absolute Gasteiger partial charge is 0.376 e. The first kappa shape index (κ1) is 18.4. The van der Waals surface area contributed by atoms with Gasteiger partial charge in [-0.2, -0.15) is 0 Å². The van der Waals surface area contributed by atoms with Crippen LogP contribution in [0.25, 0.3) is 0 Å². The second-order valence-corrected chi connectivity index (χ2v) is 6.38. The van der Waals surface area contributed by atoms with Gasteiger partial charge in [0.05, 0.1) is 18.2 Å². The fraction of sp³-hybridized carbons (Fsp3) is 0.938. The zero-order chi connectivity index (χ0) is 15.9. The van der Waals surface area contributed by atoms with E-state index in [1.807, 2.05) is 13.8 Å². The lowest BCUT2D eigenvalue weighted by Crippen LogP contribution is -2.53. The van der Waals surface area contributed by atoms with Crippen LogP contribution in [0.1, 0.15) is 53.4 Å². The van der Waals surface area contributed by atoms with E-state index in [-0.39, 0.29) is 5.91 Å². The molecule has 3 unspecified atom stereocenters. The number of nitrogens with zero attached hydrogens (tertiary/aromatic N) is 1. The molecular weight excluding hydrogens is 266 g/mol. The van der Waals surface area contributed by atoms with E-state index in [0.717, 1.165) is 51.9 Å². The molecule has 0 aromatic rings. The van der Waals surface area contributed by atoms with Crippen molar-refractivity contribution in [3.05, 3.63) is 0 Å². The number of carbonyl (C=O) groups is 1. The van der Waals surface area contributed by atoms with Crippen molar-refractivity contribution in [2.45, 2.75) is 71.1 Å². The Balaban J connectivity index is 2.36. The highest BCUT2D eigenvalue weighted by Crippen LogP contribution is 2.18. The topological polar surface area (TPSA) is 67.6 Å². The van der Waals surface area contributed by atoms with Gasteiger partial charge in [0.25, 0.3) is 0 Å². The first-order valence-electron chi connectivity index (χ1n) is 8.33. The third-order valence-electron chi connectivity index (χ3n) is 4.54. The highest BCUT2D eigenvalue weighted by Gasteiger charge is 2.29. The van der Waals surface area contributed by atoms with Crippen LogP contribution >= 0.6 is 0 Å². The van der Waals surface area contributed by atoms with Crippen LogP contribution in [-0.2, 0) is 9.53 Å². The third kappa shape index (κ3) is 5.57. The Labute approximate surface area is 129 Å². The number of carbonyl (C=O) groups excluding carboxylic acids is 1. The van der Waals surface area contributed by atoms with Crippen molar-refractivity contribution in [1.29, 1.82) is 0 Å². The molecule has 21 heavy (non-hydrogen) atoms. The number of likely N-dealkylation sites (N-methyl/N-ethyl adjacent to an activating group) is 1. The van der Waals surface area contributed by atoms with Crippen molar-refractivity contribution < 1.29 is 9.53 Å². The van der Waals surface area contributed by atoms with Gasteiger partial charge in [0, 0.05) is 12.6 Å². The van der Waals surface area contributed by atoms with E-state index in [1.165, 1.54) is 0 Å². The Kier molecular flexibility index (Phi) is 7.63. The number of amides is 1. The normalized spacial score (nSPS) is 26.5. The highest BCUT2D eigenvalue weighted by atomic mass is 16.5. The standard InChI is InChI=1S/C16H33N3O2/c1-5-14-12-21-13(3)11-19(14)10-8-7-9-16(4,15(17)20)18-6-2/h13-14,18H,5-12H2,1-4H3,(H2,17,20). The molecule has 1 aliphatic rings. The minimum absolute atomic E-state index is 0.254. The zero-order valence-electron chi connectivity index (χ0n) is 14.2. The summed E-state index contributed by atoms with van der Waals surface area (Å²) in [6.07, 6.45) is 4.35. The van der Waals surface area contributed by atoms with Crippen LogP contribution in [0.5, 0.6) is 0 Å². The van der Waals surface area contributed by atoms with Gasteiger partial charge >= 0.3 is 0 Å². The van der Waals surface area contributed by atoms with Crippen LogP contribution in [-0.4, -0.2) is 54.7 Å². The summed E-state index contributed by atoms with van der Waals surface area (Å²) in [4.78, 5) is 14.1. The van der Waals surface area contributed by atoms with Crippen LogP contribution in [0.2, 0.25) is 0 Å². The molecule has 3 atom stereocenters. The van der Waals surface area contributed by atoms with E-state index >= 15 is 0 Å². The summed E-state index contributed by atoms with van der Waals surface area (Å²) < 4.78 is 5.72. The Morgan fingerprint density at radius 3 is 2.71 bits per heavy atom. The number of morpholine rings is 1. The maximum atomic E-state index is 11.6. The van der Waals surface area contributed by atoms with Crippen molar-refractivity contribution in [3.8, 4) is 0 Å². The maximum absolute atomic E-state index is 11.6. The number of hydrogen-bond donors (Lipinski definition) is 2. The van der Waals surface area contributed by atoms with Crippen LogP contribution in [0.3, 0.4) is 0 Å². The molecular formula is C16H33N3O2. The fourth-order valence-electron chi connectivity index (χ4n) is 3.04. The summed E-state index contributed by atoms with van der Waals surface area (Å²) in [5.74, 6) is -0.254. The molecule has 1 saturated heterocycles. The van der Waals surface area contributed by atoms with Gasteiger partial charge in [0.1, 0.15) is 0 Å². The van der Waals surface area contributed by atoms with E-state index in [1.54, 1.807) is 0 Å². The van der Waals surface area contributed by atoms with Crippen LogP contribution in [0.15, 0.2) is 0 Å². The summed E-state index contributed by atoms with van der Waals surface area (Å²) >= 11 is 0. The molecule has 1 rings (SSSR count). The van der Waals surface area contributed by atoms with Crippen LogP contribution in [0.4, 0.5) is 0 Å². The Hall–Kier alpha value is -0.650. The second-order valence-electron chi connectivity index (χ2n) is 6.38. The molecule has 0 spiro atoms. The molecule has 5 heteroatoms. The van der Waals surface area contributed by atoms with E-state index < -0.39 is 5.54 Å². The lowest BCUT2D eigenvalue weighted by molar-refractivity contribution is -0.124. The lowest BCUT2D eigenvalue weighted by atomic mass is 9.93. The molecule has 1 aliphatic heterocycles. The fourth-order valence-corrected chi connectivity index (χ4v) is 3.04. The van der Waals surface area contributed by atoms with Crippen LogP contribution in [0, 0.1) is 0 Å².